The molecule has 2 N–H and O–H groups in total. The summed E-state index contributed by atoms with van der Waals surface area (Å²) in [7, 11) is 0. The molecule has 6 heteroatoms. The molecule has 1 aromatic rings. The smallest absolute Gasteiger partial charge is 0.249 e. The van der Waals surface area contributed by atoms with Gasteiger partial charge in [0.25, 0.3) is 0 Å². The lowest BCUT2D eigenvalue weighted by Crippen LogP contribution is -2.57. The third kappa shape index (κ3) is 2.19. The number of carbonyl (C=O) groups is 2. The van der Waals surface area contributed by atoms with E-state index in [2.05, 4.69) is 10.3 Å². The number of pyridine rings is 1. The molecule has 18 heavy (non-hydrogen) atoms. The van der Waals surface area contributed by atoms with Crippen molar-refractivity contribution in [2.24, 2.45) is 0 Å². The summed E-state index contributed by atoms with van der Waals surface area (Å²) in [6.45, 7) is 3.38. The third-order valence-corrected chi connectivity index (χ3v) is 2.96. The molecule has 96 valence electrons. The zero-order valence-electron chi connectivity index (χ0n) is 10.3. The summed E-state index contributed by atoms with van der Waals surface area (Å²) < 4.78 is 0. The molecule has 0 aromatic carbocycles. The van der Waals surface area contributed by atoms with Crippen molar-refractivity contribution in [2.75, 3.05) is 11.4 Å². The zero-order valence-corrected chi connectivity index (χ0v) is 10.3. The molecule has 0 saturated carbocycles. The highest BCUT2D eigenvalue weighted by Crippen LogP contribution is 2.25. The van der Waals surface area contributed by atoms with Crippen molar-refractivity contribution in [1.29, 1.82) is 0 Å². The van der Waals surface area contributed by atoms with Gasteiger partial charge in [-0.25, -0.2) is 4.98 Å². The number of nitrogens with zero attached hydrogens (tertiary/aromatic N) is 2. The first-order chi connectivity index (χ1) is 8.50. The molecule has 2 atom stereocenters. The summed E-state index contributed by atoms with van der Waals surface area (Å²) in [4.78, 5) is 28.8. The van der Waals surface area contributed by atoms with Crippen LogP contribution in [-0.4, -0.2) is 34.5 Å². The molecule has 1 aromatic heterocycles. The van der Waals surface area contributed by atoms with Crippen LogP contribution < -0.4 is 10.2 Å². The van der Waals surface area contributed by atoms with E-state index in [4.69, 9.17) is 0 Å². The Morgan fingerprint density at radius 1 is 1.56 bits per heavy atom. The predicted molar refractivity (Wildman–Crippen MR) is 64.8 cm³/mol. The van der Waals surface area contributed by atoms with E-state index < -0.39 is 12.1 Å². The number of hydrogen-bond donors (Lipinski definition) is 2. The summed E-state index contributed by atoms with van der Waals surface area (Å²) in [5.74, 6) is -0.239. The average Bonchev–Trinajstić information content (AvgIpc) is 2.33. The predicted octanol–water partition coefficient (Wildman–Crippen LogP) is -0.0138. The first kappa shape index (κ1) is 12.5. The largest absolute Gasteiger partial charge is 0.389 e. The van der Waals surface area contributed by atoms with Crippen LogP contribution in [0.25, 0.3) is 0 Å². The van der Waals surface area contributed by atoms with Gasteiger partial charge in [0.2, 0.25) is 11.8 Å². The minimum atomic E-state index is -0.707. The fraction of sp³-hybridized carbons (Fsp3) is 0.417. The van der Waals surface area contributed by atoms with Gasteiger partial charge in [0.05, 0.1) is 12.6 Å². The van der Waals surface area contributed by atoms with Crippen LogP contribution in [0.3, 0.4) is 0 Å². The van der Waals surface area contributed by atoms with Crippen molar-refractivity contribution in [3.05, 3.63) is 23.9 Å². The molecule has 1 unspecified atom stereocenters. The maximum atomic E-state index is 11.6. The molecule has 0 aliphatic carbocycles. The monoisotopic (exact) mass is 249 g/mol. The lowest BCUT2D eigenvalue weighted by molar-refractivity contribution is -0.132. The number of amides is 2. The zero-order chi connectivity index (χ0) is 13.3. The fourth-order valence-electron chi connectivity index (χ4n) is 1.95. The quantitative estimate of drug-likeness (QED) is 0.720. The number of aromatic nitrogens is 1. The molecule has 0 spiro atoms. The van der Waals surface area contributed by atoms with Crippen LogP contribution in [0.5, 0.6) is 0 Å². The molecule has 6 nitrogen and oxygen atoms in total. The summed E-state index contributed by atoms with van der Waals surface area (Å²) >= 11 is 0. The first-order valence-corrected chi connectivity index (χ1v) is 5.74. The van der Waals surface area contributed by atoms with E-state index in [1.807, 2.05) is 0 Å². The third-order valence-electron chi connectivity index (χ3n) is 2.96. The molecule has 0 radical (unpaired) electrons. The molecule has 2 heterocycles. The number of imide groups is 1. The molecule has 1 fully saturated rings. The number of carbonyl (C=O) groups excluding carboxylic acids is 2. The lowest BCUT2D eigenvalue weighted by atomic mass is 10.1. The van der Waals surface area contributed by atoms with Gasteiger partial charge in [0, 0.05) is 11.8 Å². The average molecular weight is 249 g/mol. The number of piperazine rings is 1. The molecule has 1 saturated heterocycles. The maximum absolute atomic E-state index is 11.6. The summed E-state index contributed by atoms with van der Waals surface area (Å²) in [5, 5.41) is 12.0. The van der Waals surface area contributed by atoms with Crippen molar-refractivity contribution in [3.63, 3.8) is 0 Å². The Morgan fingerprint density at radius 3 is 2.94 bits per heavy atom. The van der Waals surface area contributed by atoms with Crippen LogP contribution >= 0.6 is 0 Å². The summed E-state index contributed by atoms with van der Waals surface area (Å²) in [5.41, 5.74) is 0.604. The van der Waals surface area contributed by atoms with E-state index in [1.54, 1.807) is 37.1 Å². The van der Waals surface area contributed by atoms with Crippen molar-refractivity contribution in [1.82, 2.24) is 10.3 Å². The van der Waals surface area contributed by atoms with Gasteiger partial charge < -0.3 is 10.0 Å². The first-order valence-electron chi connectivity index (χ1n) is 5.74. The molecule has 1 aliphatic heterocycles. The number of hydrogen-bond acceptors (Lipinski definition) is 5. The highest BCUT2D eigenvalue weighted by atomic mass is 16.3. The van der Waals surface area contributed by atoms with Crippen LogP contribution in [0.4, 0.5) is 5.82 Å². The highest BCUT2D eigenvalue weighted by molar-refractivity contribution is 6.04. The second kappa shape index (κ2) is 4.73. The minimum Gasteiger partial charge on any atom is -0.389 e. The Balaban J connectivity index is 2.41. The van der Waals surface area contributed by atoms with E-state index in [0.717, 1.165) is 0 Å². The van der Waals surface area contributed by atoms with Crippen molar-refractivity contribution in [3.8, 4) is 0 Å². The van der Waals surface area contributed by atoms with E-state index >= 15 is 0 Å². The Labute approximate surface area is 105 Å². The van der Waals surface area contributed by atoms with E-state index in [1.165, 1.54) is 0 Å². The second-order valence-corrected chi connectivity index (χ2v) is 4.31. The molecule has 1 aliphatic rings. The molecule has 0 bridgehead atoms. The number of aliphatic hydroxyl groups excluding tert-OH is 1. The molecule has 2 rings (SSSR count). The van der Waals surface area contributed by atoms with E-state index in [-0.39, 0.29) is 18.4 Å². The second-order valence-electron chi connectivity index (χ2n) is 4.31. The topological polar surface area (TPSA) is 82.5 Å². The van der Waals surface area contributed by atoms with Gasteiger partial charge in [-0.1, -0.05) is 6.07 Å². The SMILES string of the molecule is CC1C(=O)NC(=O)CN1c1ncccc1[C@@H](C)O. The Kier molecular flexibility index (Phi) is 3.29. The van der Waals surface area contributed by atoms with Crippen LogP contribution in [0.15, 0.2) is 18.3 Å². The molecule has 2 amide bonds. The number of rotatable bonds is 2. The van der Waals surface area contributed by atoms with Crippen LogP contribution in [0.2, 0.25) is 0 Å². The number of aliphatic hydroxyl groups is 1. The van der Waals surface area contributed by atoms with Crippen LogP contribution in [0, 0.1) is 0 Å². The van der Waals surface area contributed by atoms with E-state index in [9.17, 15) is 14.7 Å². The van der Waals surface area contributed by atoms with Crippen molar-refractivity contribution < 1.29 is 14.7 Å². The van der Waals surface area contributed by atoms with Crippen LogP contribution in [0.1, 0.15) is 25.5 Å². The standard InChI is InChI=1S/C12H15N3O3/c1-7-12(18)14-10(17)6-15(7)11-9(8(2)16)4-3-5-13-11/h3-5,7-8,16H,6H2,1-2H3,(H,14,17,18)/t7?,8-/m1/s1. The van der Waals surface area contributed by atoms with Gasteiger partial charge in [-0.3, -0.25) is 14.9 Å². The van der Waals surface area contributed by atoms with E-state index in [0.29, 0.717) is 11.4 Å². The van der Waals surface area contributed by atoms with Crippen molar-refractivity contribution >= 4 is 17.6 Å². The minimum absolute atomic E-state index is 0.0592. The number of anilines is 1. The Hall–Kier alpha value is -1.95. The van der Waals surface area contributed by atoms with Crippen LogP contribution in [-0.2, 0) is 9.59 Å². The van der Waals surface area contributed by atoms with Gasteiger partial charge in [0.15, 0.2) is 0 Å². The summed E-state index contributed by atoms with van der Waals surface area (Å²) in [6, 6.07) is 2.95. The van der Waals surface area contributed by atoms with Gasteiger partial charge in [-0.15, -0.1) is 0 Å². The normalized spacial score (nSPS) is 21.7. The maximum Gasteiger partial charge on any atom is 0.249 e. The molecular weight excluding hydrogens is 234 g/mol. The van der Waals surface area contributed by atoms with Gasteiger partial charge in [0.1, 0.15) is 11.9 Å². The Bertz CT molecular complexity index is 487. The van der Waals surface area contributed by atoms with Gasteiger partial charge in [-0.05, 0) is 19.9 Å². The summed E-state index contributed by atoms with van der Waals surface area (Å²) in [6.07, 6.45) is 0.867. The molecular formula is C12H15N3O3. The highest BCUT2D eigenvalue weighted by Gasteiger charge is 2.32. The number of nitrogens with one attached hydrogen (secondary N) is 1. The van der Waals surface area contributed by atoms with Gasteiger partial charge >= 0.3 is 0 Å². The van der Waals surface area contributed by atoms with Gasteiger partial charge in [-0.2, -0.15) is 0 Å². The Morgan fingerprint density at radius 2 is 2.28 bits per heavy atom. The fourth-order valence-corrected chi connectivity index (χ4v) is 1.95. The van der Waals surface area contributed by atoms with Crippen molar-refractivity contribution in [2.45, 2.75) is 26.0 Å². The lowest BCUT2D eigenvalue weighted by Gasteiger charge is -2.34.